The molecule has 260 valence electrons. The molecule has 52 heavy (non-hydrogen) atoms. The highest BCUT2D eigenvalue weighted by Gasteiger charge is 2.11. The molecule has 6 rings (SSSR count). The van der Waals surface area contributed by atoms with Crippen molar-refractivity contribution in [2.24, 2.45) is 0 Å². The van der Waals surface area contributed by atoms with Gasteiger partial charge in [0.2, 0.25) is 0 Å². The predicted molar refractivity (Wildman–Crippen MR) is 221 cm³/mol. The minimum Gasteiger partial charge on any atom is -0.505 e. The Morgan fingerprint density at radius 2 is 0.731 bits per heavy atom. The number of hydrogen-bond acceptors (Lipinski definition) is 4. The molecule has 0 atom stereocenters. The van der Waals surface area contributed by atoms with E-state index in [2.05, 4.69) is 53.1 Å². The van der Waals surface area contributed by atoms with Crippen LogP contribution >= 0.6 is 31.9 Å². The lowest BCUT2D eigenvalue weighted by Crippen LogP contribution is -2.19. The Kier molecular flexibility index (Phi) is 13.4. The van der Waals surface area contributed by atoms with Crippen molar-refractivity contribution in [2.45, 2.75) is 0 Å². The lowest BCUT2D eigenvalue weighted by atomic mass is 10.1. The number of hydrogen-bond donors (Lipinski definition) is 6. The molecule has 0 aliphatic heterocycles. The standard InChI is InChI=1S/2C21H17BrN2O2/c2*22-17-10-4-5-11-18(17)23-21(26)24-19-12-6-9-16(20(19)25)14-13-15-7-2-1-3-8-15/h2*1-14,25H,(H2,23,24,26). The van der Waals surface area contributed by atoms with Gasteiger partial charge in [0.25, 0.3) is 0 Å². The Hall–Kier alpha value is -6.10. The van der Waals surface area contributed by atoms with Crippen molar-refractivity contribution in [1.82, 2.24) is 0 Å². The van der Waals surface area contributed by atoms with Crippen molar-refractivity contribution in [3.05, 3.63) is 177 Å². The van der Waals surface area contributed by atoms with Crippen molar-refractivity contribution in [2.75, 3.05) is 21.3 Å². The van der Waals surface area contributed by atoms with E-state index in [9.17, 15) is 19.8 Å². The number of nitrogens with one attached hydrogen (secondary N) is 4. The molecule has 0 saturated heterocycles. The molecular formula is C42H34Br2N4O4. The van der Waals surface area contributed by atoms with Gasteiger partial charge in [-0.15, -0.1) is 0 Å². The molecule has 0 aliphatic rings. The number of rotatable bonds is 8. The van der Waals surface area contributed by atoms with Gasteiger partial charge in [-0.3, -0.25) is 0 Å². The molecular weight excluding hydrogens is 784 g/mol. The van der Waals surface area contributed by atoms with Gasteiger partial charge in [-0.2, -0.15) is 0 Å². The summed E-state index contributed by atoms with van der Waals surface area (Å²) in [7, 11) is 0. The van der Waals surface area contributed by atoms with E-state index < -0.39 is 12.1 Å². The normalized spacial score (nSPS) is 10.7. The van der Waals surface area contributed by atoms with Crippen LogP contribution in [0.3, 0.4) is 0 Å². The zero-order valence-electron chi connectivity index (χ0n) is 27.6. The van der Waals surface area contributed by atoms with E-state index in [0.717, 1.165) is 20.1 Å². The van der Waals surface area contributed by atoms with Crippen molar-refractivity contribution in [3.8, 4) is 11.5 Å². The Labute approximate surface area is 318 Å². The minimum atomic E-state index is -0.434. The van der Waals surface area contributed by atoms with E-state index in [1.54, 1.807) is 48.5 Å². The van der Waals surface area contributed by atoms with Gasteiger partial charge in [-0.25, -0.2) is 9.59 Å². The summed E-state index contributed by atoms with van der Waals surface area (Å²) in [6, 6.07) is 43.7. The molecule has 6 aromatic rings. The second kappa shape index (κ2) is 18.8. The van der Waals surface area contributed by atoms with Crippen LogP contribution in [0.15, 0.2) is 155 Å². The van der Waals surface area contributed by atoms with Gasteiger partial charge in [0.15, 0.2) is 0 Å². The number of phenols is 2. The van der Waals surface area contributed by atoms with Crippen LogP contribution in [0.1, 0.15) is 22.3 Å². The van der Waals surface area contributed by atoms with Crippen molar-refractivity contribution in [3.63, 3.8) is 0 Å². The summed E-state index contributed by atoms with van der Waals surface area (Å²) in [5.74, 6) is 0.0314. The second-order valence-corrected chi connectivity index (χ2v) is 12.8. The highest BCUT2D eigenvalue weighted by molar-refractivity contribution is 9.11. The van der Waals surface area contributed by atoms with Gasteiger partial charge in [-0.05, 0) is 79.4 Å². The second-order valence-electron chi connectivity index (χ2n) is 11.1. The molecule has 0 aliphatic carbocycles. The minimum absolute atomic E-state index is 0.0157. The van der Waals surface area contributed by atoms with Crippen LogP contribution in [0.5, 0.6) is 11.5 Å². The molecule has 10 heteroatoms. The zero-order chi connectivity index (χ0) is 36.7. The Morgan fingerprint density at radius 3 is 1.12 bits per heavy atom. The van der Waals surface area contributed by atoms with Crippen LogP contribution < -0.4 is 21.3 Å². The Bertz CT molecular complexity index is 2040. The highest BCUT2D eigenvalue weighted by atomic mass is 79.9. The molecule has 8 nitrogen and oxygen atoms in total. The maximum atomic E-state index is 12.2. The highest BCUT2D eigenvalue weighted by Crippen LogP contribution is 2.31. The van der Waals surface area contributed by atoms with Gasteiger partial charge < -0.3 is 31.5 Å². The predicted octanol–water partition coefficient (Wildman–Crippen LogP) is 11.9. The summed E-state index contributed by atoms with van der Waals surface area (Å²) in [4.78, 5) is 24.4. The van der Waals surface area contributed by atoms with Gasteiger partial charge >= 0.3 is 12.1 Å². The average Bonchev–Trinajstić information content (AvgIpc) is 3.15. The van der Waals surface area contributed by atoms with Crippen LogP contribution in [0.25, 0.3) is 24.3 Å². The number of urea groups is 2. The molecule has 6 aromatic carbocycles. The average molecular weight is 819 g/mol. The third-order valence-electron chi connectivity index (χ3n) is 7.38. The van der Waals surface area contributed by atoms with Crippen LogP contribution in [-0.4, -0.2) is 22.3 Å². The first-order valence-corrected chi connectivity index (χ1v) is 17.6. The molecule has 4 amide bonds. The fourth-order valence-corrected chi connectivity index (χ4v) is 5.54. The first-order chi connectivity index (χ1) is 25.3. The van der Waals surface area contributed by atoms with E-state index >= 15 is 0 Å². The number of halogens is 2. The quantitative estimate of drug-likeness (QED) is 0.0676. The number of carbonyl (C=O) groups excluding carboxylic acids is 2. The summed E-state index contributed by atoms with van der Waals surface area (Å²) in [6.45, 7) is 0. The van der Waals surface area contributed by atoms with Crippen LogP contribution in [0.2, 0.25) is 0 Å². The summed E-state index contributed by atoms with van der Waals surface area (Å²) >= 11 is 6.76. The molecule has 0 radical (unpaired) electrons. The monoisotopic (exact) mass is 816 g/mol. The number of anilines is 4. The Morgan fingerprint density at radius 1 is 0.404 bits per heavy atom. The fraction of sp³-hybridized carbons (Fsp3) is 0. The van der Waals surface area contributed by atoms with E-state index in [0.29, 0.717) is 33.9 Å². The molecule has 0 heterocycles. The van der Waals surface area contributed by atoms with E-state index in [4.69, 9.17) is 0 Å². The van der Waals surface area contributed by atoms with Crippen LogP contribution in [0.4, 0.5) is 32.3 Å². The summed E-state index contributed by atoms with van der Waals surface area (Å²) in [6.07, 6.45) is 7.42. The summed E-state index contributed by atoms with van der Waals surface area (Å²) in [5.41, 5.74) is 5.25. The lowest BCUT2D eigenvalue weighted by molar-refractivity contribution is 0.261. The van der Waals surface area contributed by atoms with Crippen LogP contribution in [0, 0.1) is 0 Å². The smallest absolute Gasteiger partial charge is 0.323 e. The SMILES string of the molecule is O=C(Nc1ccccc1Br)Nc1cccc(C=Cc2ccccc2)c1O.O=C(Nc1ccccc1Br)Nc1cccc(C=Cc2ccccc2)c1O. The van der Waals surface area contributed by atoms with E-state index in [1.165, 1.54) is 0 Å². The number of benzene rings is 6. The topological polar surface area (TPSA) is 123 Å². The van der Waals surface area contributed by atoms with Gasteiger partial charge in [0, 0.05) is 20.1 Å². The number of carbonyl (C=O) groups is 2. The molecule has 6 N–H and O–H groups in total. The fourth-order valence-electron chi connectivity index (χ4n) is 4.77. The van der Waals surface area contributed by atoms with Gasteiger partial charge in [0.05, 0.1) is 22.7 Å². The van der Waals surface area contributed by atoms with Crippen molar-refractivity contribution >= 4 is 91.0 Å². The van der Waals surface area contributed by atoms with Crippen molar-refractivity contribution < 1.29 is 19.8 Å². The largest absolute Gasteiger partial charge is 0.505 e. The number of phenolic OH excluding ortho intramolecular Hbond substituents is 2. The van der Waals surface area contributed by atoms with Gasteiger partial charge in [-0.1, -0.05) is 133 Å². The van der Waals surface area contributed by atoms with E-state index in [-0.39, 0.29) is 11.5 Å². The molecule has 0 spiro atoms. The molecule has 0 fully saturated rings. The molecule has 0 unspecified atom stereocenters. The first kappa shape index (κ1) is 37.2. The summed E-state index contributed by atoms with van der Waals surface area (Å²) < 4.78 is 1.55. The van der Waals surface area contributed by atoms with Gasteiger partial charge in [0.1, 0.15) is 11.5 Å². The zero-order valence-corrected chi connectivity index (χ0v) is 30.8. The maximum Gasteiger partial charge on any atom is 0.323 e. The summed E-state index contributed by atoms with van der Waals surface area (Å²) in [5, 5.41) is 31.7. The Balaban J connectivity index is 0.000000201. The lowest BCUT2D eigenvalue weighted by Gasteiger charge is -2.11. The van der Waals surface area contributed by atoms with E-state index in [1.807, 2.05) is 121 Å². The molecule has 0 aromatic heterocycles. The number of amides is 4. The molecule has 0 saturated carbocycles. The first-order valence-electron chi connectivity index (χ1n) is 16.0. The number of aromatic hydroxyl groups is 2. The third kappa shape index (κ3) is 10.9. The number of para-hydroxylation sites is 4. The molecule has 0 bridgehead atoms. The van der Waals surface area contributed by atoms with Crippen LogP contribution in [-0.2, 0) is 0 Å². The maximum absolute atomic E-state index is 12.2. The van der Waals surface area contributed by atoms with Crippen molar-refractivity contribution in [1.29, 1.82) is 0 Å². The third-order valence-corrected chi connectivity index (χ3v) is 8.77.